The van der Waals surface area contributed by atoms with Crippen molar-refractivity contribution in [3.05, 3.63) is 81.3 Å². The van der Waals surface area contributed by atoms with E-state index in [0.717, 1.165) is 39.1 Å². The maximum atomic E-state index is 13.1. The Labute approximate surface area is 173 Å². The fourth-order valence-electron chi connectivity index (χ4n) is 3.72. The predicted molar refractivity (Wildman–Crippen MR) is 116 cm³/mol. The van der Waals surface area contributed by atoms with Gasteiger partial charge in [0.05, 0.1) is 22.9 Å². The zero-order valence-corrected chi connectivity index (χ0v) is 17.4. The minimum Gasteiger partial charge on any atom is -0.348 e. The van der Waals surface area contributed by atoms with Gasteiger partial charge in [0.1, 0.15) is 0 Å². The molecule has 0 fully saturated rings. The van der Waals surface area contributed by atoms with Crippen molar-refractivity contribution >= 4 is 16.9 Å². The maximum Gasteiger partial charge on any atom is 0.253 e. The number of aryl methyl sites for hydroxylation is 4. The number of fused-ring (bicyclic) bond motifs is 1. The van der Waals surface area contributed by atoms with Crippen molar-refractivity contribution in [3.63, 3.8) is 0 Å². The van der Waals surface area contributed by atoms with Crippen LogP contribution in [0.5, 0.6) is 0 Å². The minimum atomic E-state index is -0.254. The van der Waals surface area contributed by atoms with Gasteiger partial charge < -0.3 is 14.9 Å². The third-order valence-corrected chi connectivity index (χ3v) is 5.21. The van der Waals surface area contributed by atoms with Crippen molar-refractivity contribution in [1.82, 2.24) is 24.8 Å². The number of imidazole rings is 1. The molecule has 0 radical (unpaired) electrons. The first-order chi connectivity index (χ1) is 14.3. The molecule has 7 nitrogen and oxygen atoms in total. The summed E-state index contributed by atoms with van der Waals surface area (Å²) in [5.74, 6) is -0.254. The van der Waals surface area contributed by atoms with Crippen molar-refractivity contribution < 1.29 is 4.79 Å². The molecule has 4 aromatic rings. The molecular weight excluding hydrogens is 378 g/mol. The van der Waals surface area contributed by atoms with Gasteiger partial charge in [-0.15, -0.1) is 0 Å². The molecule has 0 aliphatic carbocycles. The molecule has 0 unspecified atom stereocenters. The van der Waals surface area contributed by atoms with Crippen LogP contribution in [0.25, 0.3) is 22.2 Å². The number of rotatable bonds is 4. The highest BCUT2D eigenvalue weighted by Crippen LogP contribution is 2.27. The van der Waals surface area contributed by atoms with E-state index in [2.05, 4.69) is 20.3 Å². The van der Waals surface area contributed by atoms with Crippen LogP contribution in [-0.2, 0) is 13.6 Å². The van der Waals surface area contributed by atoms with E-state index in [1.165, 1.54) is 0 Å². The number of carbonyl (C=O) groups excluding carboxylic acids is 1. The van der Waals surface area contributed by atoms with E-state index in [9.17, 15) is 9.59 Å². The van der Waals surface area contributed by atoms with Gasteiger partial charge in [-0.3, -0.25) is 14.6 Å². The molecule has 0 spiro atoms. The van der Waals surface area contributed by atoms with E-state index in [1.807, 2.05) is 62.7 Å². The second-order valence-electron chi connectivity index (χ2n) is 7.56. The van der Waals surface area contributed by atoms with Gasteiger partial charge in [-0.2, -0.15) is 0 Å². The van der Waals surface area contributed by atoms with Crippen LogP contribution >= 0.6 is 0 Å². The fraction of sp³-hybridized carbons (Fsp3) is 0.217. The zero-order chi connectivity index (χ0) is 21.4. The molecule has 0 bridgehead atoms. The number of hydrogen-bond acceptors (Lipinski definition) is 4. The van der Waals surface area contributed by atoms with Crippen molar-refractivity contribution in [2.24, 2.45) is 7.05 Å². The number of pyridine rings is 2. The highest BCUT2D eigenvalue weighted by molar-refractivity contribution is 6.06. The third kappa shape index (κ3) is 3.61. The van der Waals surface area contributed by atoms with Gasteiger partial charge in [0.15, 0.2) is 0 Å². The SMILES string of the molecule is Cc1cc(-c2cc(C(=O)NCc3c(C)cc(C)[nH]c3=O)c3c(c2)ncn3C)ccn1. The van der Waals surface area contributed by atoms with Crippen LogP contribution < -0.4 is 10.9 Å². The van der Waals surface area contributed by atoms with Gasteiger partial charge in [-0.1, -0.05) is 0 Å². The lowest BCUT2D eigenvalue weighted by Gasteiger charge is -2.11. The van der Waals surface area contributed by atoms with Gasteiger partial charge in [0, 0.05) is 36.7 Å². The Bertz CT molecular complexity index is 1330. The third-order valence-electron chi connectivity index (χ3n) is 5.21. The Morgan fingerprint density at radius 1 is 1.10 bits per heavy atom. The smallest absolute Gasteiger partial charge is 0.253 e. The number of aromatic amines is 1. The molecule has 1 aromatic carbocycles. The Morgan fingerprint density at radius 2 is 1.90 bits per heavy atom. The van der Waals surface area contributed by atoms with Gasteiger partial charge >= 0.3 is 0 Å². The summed E-state index contributed by atoms with van der Waals surface area (Å²) in [4.78, 5) is 36.9. The molecule has 0 atom stereocenters. The summed E-state index contributed by atoms with van der Waals surface area (Å²) in [5, 5.41) is 2.90. The molecule has 1 amide bonds. The lowest BCUT2D eigenvalue weighted by Crippen LogP contribution is -2.28. The Hall–Kier alpha value is -3.74. The number of hydrogen-bond donors (Lipinski definition) is 2. The number of nitrogens with one attached hydrogen (secondary N) is 2. The first-order valence-electron chi connectivity index (χ1n) is 9.69. The second kappa shape index (κ2) is 7.59. The van der Waals surface area contributed by atoms with Crippen LogP contribution in [0.3, 0.4) is 0 Å². The standard InChI is InChI=1S/C23H23N5O2/c1-13-7-15(3)27-23(30)19(13)11-25-22(29)18-9-17(16-5-6-24-14(2)8-16)10-20-21(18)28(4)12-26-20/h5-10,12H,11H2,1-4H3,(H,25,29)(H,27,30). The summed E-state index contributed by atoms with van der Waals surface area (Å²) >= 11 is 0. The minimum absolute atomic E-state index is 0.151. The van der Waals surface area contributed by atoms with Gasteiger partial charge in [-0.25, -0.2) is 4.98 Å². The van der Waals surface area contributed by atoms with Crippen LogP contribution in [0.2, 0.25) is 0 Å². The normalized spacial score (nSPS) is 11.1. The molecule has 30 heavy (non-hydrogen) atoms. The molecule has 7 heteroatoms. The highest BCUT2D eigenvalue weighted by Gasteiger charge is 2.17. The maximum absolute atomic E-state index is 13.1. The summed E-state index contributed by atoms with van der Waals surface area (Å²) in [7, 11) is 1.86. The first-order valence-corrected chi connectivity index (χ1v) is 9.69. The van der Waals surface area contributed by atoms with E-state index in [4.69, 9.17) is 0 Å². The van der Waals surface area contributed by atoms with Gasteiger partial charge in [0.25, 0.3) is 11.5 Å². The average Bonchev–Trinajstić information content (AvgIpc) is 3.07. The lowest BCUT2D eigenvalue weighted by atomic mass is 10.0. The highest BCUT2D eigenvalue weighted by atomic mass is 16.1. The quantitative estimate of drug-likeness (QED) is 0.549. The summed E-state index contributed by atoms with van der Waals surface area (Å²) in [6, 6.07) is 9.61. The Morgan fingerprint density at radius 3 is 2.63 bits per heavy atom. The molecule has 0 saturated heterocycles. The van der Waals surface area contributed by atoms with Crippen molar-refractivity contribution in [2.75, 3.05) is 0 Å². The fourth-order valence-corrected chi connectivity index (χ4v) is 3.72. The number of amides is 1. The molecular formula is C23H23N5O2. The van der Waals surface area contributed by atoms with Crippen LogP contribution in [0.4, 0.5) is 0 Å². The van der Waals surface area contributed by atoms with Crippen molar-refractivity contribution in [2.45, 2.75) is 27.3 Å². The number of benzene rings is 1. The van der Waals surface area contributed by atoms with Gasteiger partial charge in [0.2, 0.25) is 0 Å². The Kier molecular flexibility index (Phi) is 4.95. The monoisotopic (exact) mass is 401 g/mol. The zero-order valence-electron chi connectivity index (χ0n) is 17.4. The molecule has 2 N–H and O–H groups in total. The van der Waals surface area contributed by atoms with E-state index in [0.29, 0.717) is 11.1 Å². The first kappa shape index (κ1) is 19.6. The second-order valence-corrected chi connectivity index (χ2v) is 7.56. The number of aromatic nitrogens is 4. The van der Waals surface area contributed by atoms with Crippen LogP contribution in [-0.4, -0.2) is 25.4 Å². The lowest BCUT2D eigenvalue weighted by molar-refractivity contribution is 0.0952. The molecule has 0 aliphatic heterocycles. The Balaban J connectivity index is 1.73. The molecule has 3 aromatic heterocycles. The van der Waals surface area contributed by atoms with Crippen molar-refractivity contribution in [3.8, 4) is 11.1 Å². The molecule has 4 rings (SSSR count). The molecule has 152 valence electrons. The van der Waals surface area contributed by atoms with E-state index in [-0.39, 0.29) is 18.0 Å². The number of H-pyrrole nitrogens is 1. The van der Waals surface area contributed by atoms with E-state index in [1.54, 1.807) is 12.5 Å². The largest absolute Gasteiger partial charge is 0.348 e. The predicted octanol–water partition coefficient (Wildman–Crippen LogP) is 3.18. The molecule has 0 saturated carbocycles. The number of carbonyl (C=O) groups is 1. The van der Waals surface area contributed by atoms with Crippen LogP contribution in [0.15, 0.2) is 47.7 Å². The molecule has 0 aliphatic rings. The number of nitrogens with zero attached hydrogens (tertiary/aromatic N) is 3. The topological polar surface area (TPSA) is 92.7 Å². The summed E-state index contributed by atoms with van der Waals surface area (Å²) in [5.41, 5.74) is 6.77. The van der Waals surface area contributed by atoms with E-state index < -0.39 is 0 Å². The molecule has 3 heterocycles. The van der Waals surface area contributed by atoms with Gasteiger partial charge in [-0.05, 0) is 67.8 Å². The average molecular weight is 401 g/mol. The van der Waals surface area contributed by atoms with Crippen LogP contribution in [0.1, 0.15) is 32.9 Å². The van der Waals surface area contributed by atoms with E-state index >= 15 is 0 Å². The van der Waals surface area contributed by atoms with Crippen molar-refractivity contribution in [1.29, 1.82) is 0 Å². The summed E-state index contributed by atoms with van der Waals surface area (Å²) in [6.07, 6.45) is 3.44. The van der Waals surface area contributed by atoms with Crippen LogP contribution in [0, 0.1) is 20.8 Å². The summed E-state index contributed by atoms with van der Waals surface area (Å²) in [6.45, 7) is 5.79. The summed E-state index contributed by atoms with van der Waals surface area (Å²) < 4.78 is 1.83.